The van der Waals surface area contributed by atoms with Gasteiger partial charge < -0.3 is 10.7 Å². The fraction of sp³-hybridized carbons (Fsp3) is 0.273. The van der Waals surface area contributed by atoms with Crippen LogP contribution in [0.2, 0.25) is 0 Å². The number of nitrogens with two attached hydrogens (primary N) is 1. The minimum absolute atomic E-state index is 0.433. The molecule has 4 aromatic rings. The van der Waals surface area contributed by atoms with Gasteiger partial charge in [-0.2, -0.15) is 0 Å². The highest BCUT2D eigenvalue weighted by atomic mass is 16.1. The summed E-state index contributed by atoms with van der Waals surface area (Å²) in [5.74, 6) is 0.220. The summed E-state index contributed by atoms with van der Waals surface area (Å²) >= 11 is 0. The van der Waals surface area contributed by atoms with Crippen LogP contribution in [0, 0.1) is 0 Å². The third-order valence-corrected chi connectivity index (χ3v) is 5.85. The molecule has 3 N–H and O–H groups in total. The van der Waals surface area contributed by atoms with Crippen LogP contribution in [0.3, 0.4) is 0 Å². The Kier molecular flexibility index (Phi) is 3.74. The number of rotatable bonds is 3. The van der Waals surface area contributed by atoms with E-state index in [-0.39, 0.29) is 0 Å². The molecule has 1 aliphatic rings. The van der Waals surface area contributed by atoms with Gasteiger partial charge in [0.25, 0.3) is 0 Å². The number of aromatic nitrogens is 3. The summed E-state index contributed by atoms with van der Waals surface area (Å²) in [6.07, 6.45) is 10.6. The van der Waals surface area contributed by atoms with Crippen LogP contribution in [0.4, 0.5) is 0 Å². The van der Waals surface area contributed by atoms with Crippen LogP contribution >= 0.6 is 0 Å². The van der Waals surface area contributed by atoms with E-state index in [9.17, 15) is 4.79 Å². The fourth-order valence-electron chi connectivity index (χ4n) is 4.40. The van der Waals surface area contributed by atoms with Crippen molar-refractivity contribution in [2.24, 2.45) is 5.73 Å². The number of nitrogens with zero attached hydrogens (tertiary/aromatic N) is 2. The number of amides is 1. The number of aromatic amines is 1. The van der Waals surface area contributed by atoms with Gasteiger partial charge in [-0.25, -0.2) is 4.98 Å². The van der Waals surface area contributed by atoms with E-state index in [0.717, 1.165) is 16.7 Å². The molecule has 27 heavy (non-hydrogen) atoms. The van der Waals surface area contributed by atoms with E-state index >= 15 is 0 Å². The van der Waals surface area contributed by atoms with Gasteiger partial charge in [-0.3, -0.25) is 9.36 Å². The monoisotopic (exact) mass is 358 g/mol. The van der Waals surface area contributed by atoms with Crippen LogP contribution in [-0.2, 0) is 0 Å². The number of fused-ring (bicyclic) bond motifs is 2. The Bertz CT molecular complexity index is 1150. The molecule has 1 aliphatic carbocycles. The lowest BCUT2D eigenvalue weighted by molar-refractivity contribution is 0.100. The molecule has 0 unspecified atom stereocenters. The molecular formula is C22H22N4O. The molecule has 136 valence electrons. The molecule has 2 aromatic heterocycles. The maximum atomic E-state index is 11.4. The number of imidazole rings is 1. The number of carbonyl (C=O) groups is 1. The van der Waals surface area contributed by atoms with Crippen molar-refractivity contribution in [2.75, 3.05) is 0 Å². The zero-order valence-electron chi connectivity index (χ0n) is 15.1. The largest absolute Gasteiger partial charge is 0.366 e. The summed E-state index contributed by atoms with van der Waals surface area (Å²) in [4.78, 5) is 19.3. The molecule has 1 amide bonds. The third-order valence-electron chi connectivity index (χ3n) is 5.85. The van der Waals surface area contributed by atoms with Crippen molar-refractivity contribution in [3.05, 3.63) is 60.0 Å². The minimum Gasteiger partial charge on any atom is -0.366 e. The Hall–Kier alpha value is -3.08. The van der Waals surface area contributed by atoms with E-state index in [0.29, 0.717) is 11.5 Å². The summed E-state index contributed by atoms with van der Waals surface area (Å²) in [6, 6.07) is 11.9. The molecule has 2 aromatic carbocycles. The first kappa shape index (κ1) is 16.1. The van der Waals surface area contributed by atoms with Gasteiger partial charge in [0.15, 0.2) is 0 Å². The number of hydrogen-bond acceptors (Lipinski definition) is 2. The number of benzene rings is 2. The van der Waals surface area contributed by atoms with Crippen molar-refractivity contribution in [3.63, 3.8) is 0 Å². The minimum atomic E-state index is -0.433. The summed E-state index contributed by atoms with van der Waals surface area (Å²) in [6.45, 7) is 0. The molecule has 0 bridgehead atoms. The fourth-order valence-corrected chi connectivity index (χ4v) is 4.40. The molecule has 0 aliphatic heterocycles. The average Bonchev–Trinajstić information content (AvgIpc) is 3.31. The van der Waals surface area contributed by atoms with Crippen molar-refractivity contribution < 1.29 is 4.79 Å². The Morgan fingerprint density at radius 1 is 1.11 bits per heavy atom. The van der Waals surface area contributed by atoms with Gasteiger partial charge in [0, 0.05) is 28.4 Å². The van der Waals surface area contributed by atoms with Gasteiger partial charge in [-0.05, 0) is 60.7 Å². The third kappa shape index (κ3) is 2.70. The SMILES string of the molecule is NC(=O)c1ccc2c(c1)ncn2-c1ccc2[nH]cc(C3CCCCC3)c2c1. The number of nitrogens with one attached hydrogen (secondary N) is 1. The summed E-state index contributed by atoms with van der Waals surface area (Å²) < 4.78 is 2.07. The van der Waals surface area contributed by atoms with E-state index in [1.54, 1.807) is 12.1 Å². The predicted octanol–water partition coefficient (Wildman–Crippen LogP) is 4.65. The van der Waals surface area contributed by atoms with Crippen LogP contribution in [-0.4, -0.2) is 20.4 Å². The average molecular weight is 358 g/mol. The maximum Gasteiger partial charge on any atom is 0.248 e. The van der Waals surface area contributed by atoms with Gasteiger partial charge in [-0.15, -0.1) is 0 Å². The lowest BCUT2D eigenvalue weighted by atomic mass is 9.84. The quantitative estimate of drug-likeness (QED) is 0.559. The topological polar surface area (TPSA) is 76.7 Å². The highest BCUT2D eigenvalue weighted by Crippen LogP contribution is 2.37. The molecule has 0 saturated heterocycles. The van der Waals surface area contributed by atoms with Crippen LogP contribution in [0.25, 0.3) is 27.6 Å². The van der Waals surface area contributed by atoms with E-state index in [4.69, 9.17) is 5.73 Å². The zero-order chi connectivity index (χ0) is 18.4. The van der Waals surface area contributed by atoms with E-state index in [2.05, 4.69) is 38.9 Å². The van der Waals surface area contributed by atoms with Crippen LogP contribution < -0.4 is 5.73 Å². The highest BCUT2D eigenvalue weighted by molar-refractivity contribution is 5.96. The van der Waals surface area contributed by atoms with Crippen LogP contribution in [0.1, 0.15) is 53.9 Å². The second kappa shape index (κ2) is 6.27. The first-order valence-corrected chi connectivity index (χ1v) is 9.59. The Balaban J connectivity index is 1.60. The first-order chi connectivity index (χ1) is 13.2. The molecule has 5 heteroatoms. The number of carbonyl (C=O) groups excluding carboxylic acids is 1. The Morgan fingerprint density at radius 2 is 1.96 bits per heavy atom. The number of hydrogen-bond donors (Lipinski definition) is 2. The van der Waals surface area contributed by atoms with Gasteiger partial charge in [0.2, 0.25) is 5.91 Å². The number of primary amides is 1. The highest BCUT2D eigenvalue weighted by Gasteiger charge is 2.19. The molecule has 5 nitrogen and oxygen atoms in total. The number of H-pyrrole nitrogens is 1. The Labute approximate surface area is 157 Å². The van der Waals surface area contributed by atoms with E-state index < -0.39 is 5.91 Å². The summed E-state index contributed by atoms with van der Waals surface area (Å²) in [5.41, 5.74) is 11.3. The molecule has 2 heterocycles. The molecule has 1 saturated carbocycles. The van der Waals surface area contributed by atoms with Gasteiger partial charge in [0.05, 0.1) is 11.0 Å². The van der Waals surface area contributed by atoms with Gasteiger partial charge in [-0.1, -0.05) is 19.3 Å². The smallest absolute Gasteiger partial charge is 0.248 e. The van der Waals surface area contributed by atoms with Crippen molar-refractivity contribution in [2.45, 2.75) is 38.0 Å². The van der Waals surface area contributed by atoms with E-state index in [1.165, 1.54) is 48.6 Å². The Morgan fingerprint density at radius 3 is 2.78 bits per heavy atom. The second-order valence-electron chi connectivity index (χ2n) is 7.49. The standard InChI is InChI=1S/C22H22N4O/c23-22(27)15-6-9-21-20(10-15)25-13-26(21)16-7-8-19-17(11-16)18(12-24-19)14-4-2-1-3-5-14/h6-14,24H,1-5H2,(H2,23,27). The first-order valence-electron chi connectivity index (χ1n) is 9.59. The van der Waals surface area contributed by atoms with Crippen molar-refractivity contribution in [1.29, 1.82) is 0 Å². The molecule has 0 radical (unpaired) electrons. The van der Waals surface area contributed by atoms with Gasteiger partial charge in [0.1, 0.15) is 6.33 Å². The van der Waals surface area contributed by atoms with Gasteiger partial charge >= 0.3 is 0 Å². The molecule has 1 fully saturated rings. The molecule has 0 atom stereocenters. The molecule has 5 rings (SSSR count). The summed E-state index contributed by atoms with van der Waals surface area (Å²) in [5, 5.41) is 1.30. The maximum absolute atomic E-state index is 11.4. The molecule has 0 spiro atoms. The van der Waals surface area contributed by atoms with Crippen LogP contribution in [0.15, 0.2) is 48.9 Å². The summed E-state index contributed by atoms with van der Waals surface area (Å²) in [7, 11) is 0. The zero-order valence-corrected chi connectivity index (χ0v) is 15.1. The normalized spacial score (nSPS) is 15.6. The molecular weight excluding hydrogens is 336 g/mol. The predicted molar refractivity (Wildman–Crippen MR) is 107 cm³/mol. The van der Waals surface area contributed by atoms with E-state index in [1.807, 2.05) is 12.4 Å². The van der Waals surface area contributed by atoms with Crippen molar-refractivity contribution >= 4 is 27.8 Å². The lowest BCUT2D eigenvalue weighted by Crippen LogP contribution is -2.10. The second-order valence-corrected chi connectivity index (χ2v) is 7.49. The van der Waals surface area contributed by atoms with Crippen LogP contribution in [0.5, 0.6) is 0 Å². The van der Waals surface area contributed by atoms with Crippen molar-refractivity contribution in [1.82, 2.24) is 14.5 Å². The van der Waals surface area contributed by atoms with Crippen molar-refractivity contribution in [3.8, 4) is 5.69 Å². The lowest BCUT2D eigenvalue weighted by Gasteiger charge is -2.21.